The predicted octanol–water partition coefficient (Wildman–Crippen LogP) is 1.29. The van der Waals surface area contributed by atoms with Crippen molar-refractivity contribution in [3.05, 3.63) is 64.7 Å². The van der Waals surface area contributed by atoms with E-state index in [1.165, 1.54) is 11.8 Å². The smallest absolute Gasteiger partial charge is 0.275 e. The fourth-order valence-corrected chi connectivity index (χ4v) is 4.93. The van der Waals surface area contributed by atoms with Gasteiger partial charge in [-0.3, -0.25) is 19.2 Å². The average molecular weight is 573 g/mol. The molecular formula is C26H29ClN6O5S. The summed E-state index contributed by atoms with van der Waals surface area (Å²) in [6, 6.07) is 13.3. The number of nitrogens with one attached hydrogen (secondary N) is 5. The lowest BCUT2D eigenvalue weighted by Crippen LogP contribution is -2.63. The van der Waals surface area contributed by atoms with Crippen LogP contribution in [0.5, 0.6) is 5.75 Å². The summed E-state index contributed by atoms with van der Waals surface area (Å²) in [5, 5.41) is 16.2. The van der Waals surface area contributed by atoms with E-state index in [2.05, 4.69) is 31.8 Å². The molecule has 5 N–H and O–H groups in total. The minimum absolute atomic E-state index is 0.0670. The normalized spacial score (nSPS) is 15.9. The van der Waals surface area contributed by atoms with E-state index in [-0.39, 0.29) is 54.1 Å². The largest absolute Gasteiger partial charge is 0.440 e. The summed E-state index contributed by atoms with van der Waals surface area (Å²) in [7, 11) is 0. The van der Waals surface area contributed by atoms with Crippen LogP contribution in [0.2, 0.25) is 5.02 Å². The molecule has 2 aromatic rings. The summed E-state index contributed by atoms with van der Waals surface area (Å²) < 4.78 is 5.73. The van der Waals surface area contributed by atoms with Crippen LogP contribution in [0.4, 0.5) is 0 Å². The fourth-order valence-electron chi connectivity index (χ4n) is 4.15. The van der Waals surface area contributed by atoms with Gasteiger partial charge in [0.25, 0.3) is 11.8 Å². The van der Waals surface area contributed by atoms with Gasteiger partial charge in [-0.2, -0.15) is 0 Å². The molecule has 0 aliphatic carbocycles. The molecule has 0 spiro atoms. The van der Waals surface area contributed by atoms with Crippen LogP contribution in [0.25, 0.3) is 0 Å². The number of nitrogens with zero attached hydrogens (tertiary/aromatic N) is 1. The van der Waals surface area contributed by atoms with Crippen LogP contribution in [0.15, 0.2) is 53.6 Å². The molecule has 11 nitrogen and oxygen atoms in total. The van der Waals surface area contributed by atoms with E-state index in [0.717, 1.165) is 0 Å². The van der Waals surface area contributed by atoms with Crippen molar-refractivity contribution in [2.75, 3.05) is 37.7 Å². The lowest BCUT2D eigenvalue weighted by molar-refractivity contribution is -0.133. The van der Waals surface area contributed by atoms with Crippen LogP contribution >= 0.6 is 23.4 Å². The second-order valence-corrected chi connectivity index (χ2v) is 10.4. The molecule has 2 aliphatic heterocycles. The number of carbonyl (C=O) groups excluding carboxylic acids is 4. The first kappa shape index (κ1) is 28.4. The monoisotopic (exact) mass is 572 g/mol. The first-order chi connectivity index (χ1) is 18.9. The maximum atomic E-state index is 13.1. The standard InChI is InChI=1S/C26H29ClN6O5S/c27-18-7-5-17(6-8-18)23(35)29-13-14-30-25(37)26(9-11-28-12-10-26)31-21(34)15-39-16-22-32-33-24(36)19-3-1-2-4-20(19)38-22/h1-8,28H,9-16H2,(H,29,35)(H,30,37)(H,31,34)(H,33,36). The van der Waals surface area contributed by atoms with Gasteiger partial charge in [0.15, 0.2) is 0 Å². The Hall–Kier alpha value is -3.61. The number of amides is 4. The van der Waals surface area contributed by atoms with E-state index in [1.807, 2.05) is 0 Å². The predicted molar refractivity (Wildman–Crippen MR) is 149 cm³/mol. The van der Waals surface area contributed by atoms with Crippen molar-refractivity contribution in [1.82, 2.24) is 26.7 Å². The Morgan fingerprint density at radius 1 is 1.03 bits per heavy atom. The molecule has 1 saturated heterocycles. The number of halogens is 1. The molecule has 0 radical (unpaired) electrons. The van der Waals surface area contributed by atoms with Gasteiger partial charge in [-0.1, -0.05) is 23.7 Å². The number of fused-ring (bicyclic) bond motifs is 1. The lowest BCUT2D eigenvalue weighted by atomic mass is 9.87. The molecule has 4 rings (SSSR count). The van der Waals surface area contributed by atoms with Gasteiger partial charge in [0, 0.05) is 23.7 Å². The maximum absolute atomic E-state index is 13.1. The van der Waals surface area contributed by atoms with Crippen molar-refractivity contribution in [3.8, 4) is 5.75 Å². The molecule has 206 valence electrons. The average Bonchev–Trinajstić information content (AvgIpc) is 3.10. The van der Waals surface area contributed by atoms with Gasteiger partial charge >= 0.3 is 0 Å². The van der Waals surface area contributed by atoms with Crippen LogP contribution in [-0.2, 0) is 9.59 Å². The van der Waals surface area contributed by atoms with Gasteiger partial charge in [-0.25, -0.2) is 5.43 Å². The first-order valence-corrected chi connectivity index (χ1v) is 13.9. The van der Waals surface area contributed by atoms with E-state index in [4.69, 9.17) is 16.3 Å². The van der Waals surface area contributed by atoms with E-state index in [1.54, 1.807) is 48.5 Å². The summed E-state index contributed by atoms with van der Waals surface area (Å²) in [5.74, 6) is -0.259. The quantitative estimate of drug-likeness (QED) is 0.269. The molecule has 0 atom stereocenters. The first-order valence-electron chi connectivity index (χ1n) is 12.4. The zero-order valence-corrected chi connectivity index (χ0v) is 22.6. The molecule has 39 heavy (non-hydrogen) atoms. The topological polar surface area (TPSA) is 150 Å². The number of hydrogen-bond donors (Lipinski definition) is 5. The van der Waals surface area contributed by atoms with Gasteiger partial charge < -0.3 is 26.0 Å². The highest BCUT2D eigenvalue weighted by molar-refractivity contribution is 8.00. The molecule has 1 fully saturated rings. The van der Waals surface area contributed by atoms with Crippen LogP contribution in [-0.4, -0.2) is 72.8 Å². The summed E-state index contributed by atoms with van der Waals surface area (Å²) in [6.45, 7) is 1.60. The number of hydrogen-bond acceptors (Lipinski definition) is 8. The SMILES string of the molecule is O=C(CSCC1=NNC(=O)c2ccccc2O1)NC1(C(=O)NCCNC(=O)c2ccc(Cl)cc2)CCNCC1. The number of para-hydroxylation sites is 1. The van der Waals surface area contributed by atoms with Crippen molar-refractivity contribution in [2.45, 2.75) is 18.4 Å². The van der Waals surface area contributed by atoms with Crippen LogP contribution in [0.1, 0.15) is 33.6 Å². The Labute approximate surface area is 234 Å². The van der Waals surface area contributed by atoms with Crippen LogP contribution < -0.4 is 31.4 Å². The third-order valence-corrected chi connectivity index (χ3v) is 7.34. The minimum atomic E-state index is -1.05. The van der Waals surface area contributed by atoms with Gasteiger partial charge in [-0.05, 0) is 62.3 Å². The molecule has 2 heterocycles. The second kappa shape index (κ2) is 13.5. The third-order valence-electron chi connectivity index (χ3n) is 6.17. The fraction of sp³-hybridized carbons (Fsp3) is 0.346. The molecule has 0 bridgehead atoms. The second-order valence-electron chi connectivity index (χ2n) is 8.94. The minimum Gasteiger partial charge on any atom is -0.440 e. The van der Waals surface area contributed by atoms with Gasteiger partial charge in [0.2, 0.25) is 17.7 Å². The van der Waals surface area contributed by atoms with E-state index >= 15 is 0 Å². The van der Waals surface area contributed by atoms with Gasteiger partial charge in [-0.15, -0.1) is 16.9 Å². The number of hydrazone groups is 1. The third kappa shape index (κ3) is 7.71. The Morgan fingerprint density at radius 3 is 2.51 bits per heavy atom. The highest BCUT2D eigenvalue weighted by Crippen LogP contribution is 2.22. The van der Waals surface area contributed by atoms with Crippen LogP contribution in [0, 0.1) is 0 Å². The van der Waals surface area contributed by atoms with E-state index in [0.29, 0.717) is 47.8 Å². The highest BCUT2D eigenvalue weighted by atomic mass is 35.5. The van der Waals surface area contributed by atoms with E-state index < -0.39 is 5.54 Å². The maximum Gasteiger partial charge on any atom is 0.275 e. The molecule has 0 unspecified atom stereocenters. The van der Waals surface area contributed by atoms with Crippen molar-refractivity contribution < 1.29 is 23.9 Å². The van der Waals surface area contributed by atoms with Crippen molar-refractivity contribution >= 4 is 52.9 Å². The zero-order valence-electron chi connectivity index (χ0n) is 21.1. The number of thioether (sulfide) groups is 1. The Kier molecular flexibility index (Phi) is 9.79. The number of carbonyl (C=O) groups is 4. The molecule has 2 aromatic carbocycles. The number of benzene rings is 2. The Bertz CT molecular complexity index is 1250. The van der Waals surface area contributed by atoms with Crippen LogP contribution in [0.3, 0.4) is 0 Å². The summed E-state index contributed by atoms with van der Waals surface area (Å²) >= 11 is 7.11. The summed E-state index contributed by atoms with van der Waals surface area (Å²) in [4.78, 5) is 50.3. The Balaban J connectivity index is 1.24. The molecule has 0 saturated carbocycles. The van der Waals surface area contributed by atoms with Crippen molar-refractivity contribution in [1.29, 1.82) is 0 Å². The molecule has 4 amide bonds. The molecular weight excluding hydrogens is 544 g/mol. The highest BCUT2D eigenvalue weighted by Gasteiger charge is 2.40. The molecule has 13 heteroatoms. The number of rotatable bonds is 10. The lowest BCUT2D eigenvalue weighted by Gasteiger charge is -2.37. The zero-order chi connectivity index (χ0) is 27.7. The summed E-state index contributed by atoms with van der Waals surface area (Å²) in [5.41, 5.74) is 2.23. The Morgan fingerprint density at radius 2 is 1.74 bits per heavy atom. The van der Waals surface area contributed by atoms with Crippen molar-refractivity contribution in [3.63, 3.8) is 0 Å². The van der Waals surface area contributed by atoms with Gasteiger partial charge in [0.1, 0.15) is 11.3 Å². The van der Waals surface area contributed by atoms with Crippen molar-refractivity contribution in [2.24, 2.45) is 5.10 Å². The molecule has 0 aromatic heterocycles. The summed E-state index contributed by atoms with van der Waals surface area (Å²) in [6.07, 6.45) is 0.871. The number of ether oxygens (including phenoxy) is 1. The van der Waals surface area contributed by atoms with E-state index in [9.17, 15) is 19.2 Å². The van der Waals surface area contributed by atoms with Gasteiger partial charge in [0.05, 0.1) is 17.1 Å². The number of piperidine rings is 1. The molecule has 2 aliphatic rings.